The standard InChI is InChI=1S/C20H29N3O2/c1-4-22-11-13-23(14-12-22)19(25)20(9-10-20)18(24)21-17-7-5-16(6-8-17)15(2)3/h5-8,15H,4,9-14H2,1-3H3,(H,21,24). The molecule has 0 unspecified atom stereocenters. The lowest BCUT2D eigenvalue weighted by molar-refractivity contribution is -0.143. The minimum Gasteiger partial charge on any atom is -0.339 e. The number of benzene rings is 1. The first-order valence-corrected chi connectivity index (χ1v) is 9.39. The molecule has 1 aromatic rings. The van der Waals surface area contributed by atoms with Gasteiger partial charge in [0, 0.05) is 31.9 Å². The van der Waals surface area contributed by atoms with Crippen LogP contribution in [0.25, 0.3) is 0 Å². The third-order valence-corrected chi connectivity index (χ3v) is 5.54. The zero-order valence-electron chi connectivity index (χ0n) is 15.5. The lowest BCUT2D eigenvalue weighted by atomic mass is 10.0. The molecule has 5 nitrogen and oxygen atoms in total. The summed E-state index contributed by atoms with van der Waals surface area (Å²) in [6.45, 7) is 10.7. The second kappa shape index (κ2) is 7.16. The fourth-order valence-electron chi connectivity index (χ4n) is 3.43. The zero-order valence-corrected chi connectivity index (χ0v) is 15.5. The van der Waals surface area contributed by atoms with Crippen LogP contribution in [-0.2, 0) is 9.59 Å². The molecule has 0 aromatic heterocycles. The summed E-state index contributed by atoms with van der Waals surface area (Å²) in [6, 6.07) is 7.92. The third-order valence-electron chi connectivity index (χ3n) is 5.54. The van der Waals surface area contributed by atoms with Crippen molar-refractivity contribution in [3.63, 3.8) is 0 Å². The summed E-state index contributed by atoms with van der Waals surface area (Å²) >= 11 is 0. The Bertz CT molecular complexity index is 627. The number of hydrogen-bond donors (Lipinski definition) is 1. The van der Waals surface area contributed by atoms with E-state index in [4.69, 9.17) is 0 Å². The second-order valence-electron chi connectivity index (χ2n) is 7.54. The van der Waals surface area contributed by atoms with Crippen LogP contribution in [0.1, 0.15) is 45.1 Å². The van der Waals surface area contributed by atoms with Crippen molar-refractivity contribution in [1.29, 1.82) is 0 Å². The van der Waals surface area contributed by atoms with Crippen LogP contribution in [0.4, 0.5) is 5.69 Å². The van der Waals surface area contributed by atoms with Crippen LogP contribution in [0.2, 0.25) is 0 Å². The third kappa shape index (κ3) is 3.71. The summed E-state index contributed by atoms with van der Waals surface area (Å²) in [5.74, 6) is 0.329. The van der Waals surface area contributed by atoms with E-state index in [1.807, 2.05) is 29.2 Å². The topological polar surface area (TPSA) is 52.7 Å². The maximum Gasteiger partial charge on any atom is 0.240 e. The molecule has 1 saturated carbocycles. The van der Waals surface area contributed by atoms with Crippen molar-refractivity contribution < 1.29 is 9.59 Å². The van der Waals surface area contributed by atoms with E-state index < -0.39 is 5.41 Å². The Labute approximate surface area is 150 Å². The molecule has 1 N–H and O–H groups in total. The lowest BCUT2D eigenvalue weighted by Gasteiger charge is -2.35. The van der Waals surface area contributed by atoms with Gasteiger partial charge in [-0.2, -0.15) is 0 Å². The minimum atomic E-state index is -0.828. The molecule has 2 aliphatic rings. The first-order chi connectivity index (χ1) is 12.0. The summed E-state index contributed by atoms with van der Waals surface area (Å²) in [5.41, 5.74) is 1.18. The van der Waals surface area contributed by atoms with Gasteiger partial charge in [0.2, 0.25) is 11.8 Å². The molecule has 5 heteroatoms. The first-order valence-electron chi connectivity index (χ1n) is 9.39. The van der Waals surface area contributed by atoms with Crippen LogP contribution in [0.5, 0.6) is 0 Å². The summed E-state index contributed by atoms with van der Waals surface area (Å²) in [5, 5.41) is 2.95. The van der Waals surface area contributed by atoms with Gasteiger partial charge < -0.3 is 15.1 Å². The van der Waals surface area contributed by atoms with Crippen LogP contribution < -0.4 is 5.32 Å². The minimum absolute atomic E-state index is 0.0135. The summed E-state index contributed by atoms with van der Waals surface area (Å²) in [6.07, 6.45) is 1.32. The fourth-order valence-corrected chi connectivity index (χ4v) is 3.43. The predicted molar refractivity (Wildman–Crippen MR) is 99.5 cm³/mol. The molecular formula is C20H29N3O2. The average Bonchev–Trinajstić information content (AvgIpc) is 3.43. The van der Waals surface area contributed by atoms with E-state index in [1.54, 1.807) is 0 Å². The van der Waals surface area contributed by atoms with E-state index in [9.17, 15) is 9.59 Å². The molecule has 0 radical (unpaired) electrons. The Kier molecular flexibility index (Phi) is 5.13. The van der Waals surface area contributed by atoms with E-state index >= 15 is 0 Å². The van der Waals surface area contributed by atoms with E-state index in [2.05, 4.69) is 31.0 Å². The average molecular weight is 343 g/mol. The highest BCUT2D eigenvalue weighted by molar-refractivity contribution is 6.13. The molecule has 1 aromatic carbocycles. The van der Waals surface area contributed by atoms with Gasteiger partial charge in [0.25, 0.3) is 0 Å². The van der Waals surface area contributed by atoms with E-state index in [0.29, 0.717) is 18.8 Å². The Hall–Kier alpha value is -1.88. The van der Waals surface area contributed by atoms with Crippen LogP contribution in [0.3, 0.4) is 0 Å². The maximum absolute atomic E-state index is 12.9. The molecular weight excluding hydrogens is 314 g/mol. The Balaban J connectivity index is 1.62. The van der Waals surface area contributed by atoms with Gasteiger partial charge >= 0.3 is 0 Å². The SMILES string of the molecule is CCN1CCN(C(=O)C2(C(=O)Nc3ccc(C(C)C)cc3)CC2)CC1. The maximum atomic E-state index is 12.9. The Morgan fingerprint density at radius 1 is 1.08 bits per heavy atom. The van der Waals surface area contributed by atoms with Crippen molar-refractivity contribution in [3.8, 4) is 0 Å². The molecule has 1 aliphatic carbocycles. The highest BCUT2D eigenvalue weighted by Gasteiger charge is 2.58. The van der Waals surface area contributed by atoms with E-state index in [-0.39, 0.29) is 11.8 Å². The molecule has 1 aliphatic heterocycles. The Morgan fingerprint density at radius 2 is 1.68 bits per heavy atom. The van der Waals surface area contributed by atoms with Gasteiger partial charge in [0.05, 0.1) is 0 Å². The molecule has 2 fully saturated rings. The van der Waals surface area contributed by atoms with Crippen molar-refractivity contribution in [2.45, 2.75) is 39.5 Å². The predicted octanol–water partition coefficient (Wildman–Crippen LogP) is 2.69. The monoisotopic (exact) mass is 343 g/mol. The highest BCUT2D eigenvalue weighted by atomic mass is 16.2. The molecule has 1 saturated heterocycles. The van der Waals surface area contributed by atoms with Crippen molar-refractivity contribution in [2.75, 3.05) is 38.0 Å². The molecule has 25 heavy (non-hydrogen) atoms. The largest absolute Gasteiger partial charge is 0.339 e. The van der Waals surface area contributed by atoms with Crippen LogP contribution in [-0.4, -0.2) is 54.3 Å². The molecule has 0 bridgehead atoms. The number of nitrogens with one attached hydrogen (secondary N) is 1. The number of anilines is 1. The zero-order chi connectivity index (χ0) is 18.0. The van der Waals surface area contributed by atoms with Crippen LogP contribution in [0.15, 0.2) is 24.3 Å². The number of carbonyl (C=O) groups excluding carboxylic acids is 2. The Morgan fingerprint density at radius 3 is 2.16 bits per heavy atom. The van der Waals surface area contributed by atoms with E-state index in [0.717, 1.165) is 38.4 Å². The van der Waals surface area contributed by atoms with Gasteiger partial charge in [-0.05, 0) is 43.0 Å². The van der Waals surface area contributed by atoms with Crippen molar-refractivity contribution in [3.05, 3.63) is 29.8 Å². The first kappa shape index (κ1) is 17.9. The molecule has 1 heterocycles. The number of piperazine rings is 1. The molecule has 0 atom stereocenters. The van der Waals surface area contributed by atoms with E-state index in [1.165, 1.54) is 5.56 Å². The van der Waals surface area contributed by atoms with Gasteiger partial charge in [0.1, 0.15) is 5.41 Å². The number of likely N-dealkylation sites (N-methyl/N-ethyl adjacent to an activating group) is 1. The van der Waals surface area contributed by atoms with Crippen molar-refractivity contribution in [1.82, 2.24) is 9.80 Å². The lowest BCUT2D eigenvalue weighted by Crippen LogP contribution is -2.52. The van der Waals surface area contributed by atoms with Gasteiger partial charge in [-0.15, -0.1) is 0 Å². The van der Waals surface area contributed by atoms with Crippen LogP contribution >= 0.6 is 0 Å². The van der Waals surface area contributed by atoms with Gasteiger partial charge in [0.15, 0.2) is 0 Å². The molecule has 3 rings (SSSR count). The number of hydrogen-bond acceptors (Lipinski definition) is 3. The smallest absolute Gasteiger partial charge is 0.240 e. The van der Waals surface area contributed by atoms with Gasteiger partial charge in [-0.3, -0.25) is 9.59 Å². The number of nitrogens with zero attached hydrogens (tertiary/aromatic N) is 2. The van der Waals surface area contributed by atoms with Crippen molar-refractivity contribution >= 4 is 17.5 Å². The molecule has 2 amide bonds. The normalized spacial score (nSPS) is 19.8. The van der Waals surface area contributed by atoms with Crippen LogP contribution in [0, 0.1) is 5.41 Å². The van der Waals surface area contributed by atoms with Crippen molar-refractivity contribution in [2.24, 2.45) is 5.41 Å². The number of carbonyl (C=O) groups is 2. The van der Waals surface area contributed by atoms with Gasteiger partial charge in [-0.1, -0.05) is 32.9 Å². The molecule has 0 spiro atoms. The van der Waals surface area contributed by atoms with Gasteiger partial charge in [-0.25, -0.2) is 0 Å². The quantitative estimate of drug-likeness (QED) is 0.837. The number of rotatable bonds is 5. The fraction of sp³-hybridized carbons (Fsp3) is 0.600. The second-order valence-corrected chi connectivity index (χ2v) is 7.54. The number of amides is 2. The highest BCUT2D eigenvalue weighted by Crippen LogP contribution is 2.48. The summed E-state index contributed by atoms with van der Waals surface area (Å²) in [4.78, 5) is 29.9. The molecule has 136 valence electrons. The summed E-state index contributed by atoms with van der Waals surface area (Å²) in [7, 11) is 0. The summed E-state index contributed by atoms with van der Waals surface area (Å²) < 4.78 is 0.